The van der Waals surface area contributed by atoms with Gasteiger partial charge in [0.25, 0.3) is 0 Å². The van der Waals surface area contributed by atoms with Gasteiger partial charge >= 0.3 is 0 Å². The van der Waals surface area contributed by atoms with E-state index >= 15 is 0 Å². The fourth-order valence-electron chi connectivity index (χ4n) is 2.48. The molecule has 0 aliphatic heterocycles. The zero-order chi connectivity index (χ0) is 14.8. The van der Waals surface area contributed by atoms with E-state index in [1.54, 1.807) is 7.11 Å². The molecule has 110 valence electrons. The van der Waals surface area contributed by atoms with E-state index in [2.05, 4.69) is 0 Å². The van der Waals surface area contributed by atoms with Crippen molar-refractivity contribution >= 4 is 5.91 Å². The lowest BCUT2D eigenvalue weighted by Crippen LogP contribution is -2.54. The molecular formula is C16H24N2O2. The molecule has 2 N–H and O–H groups in total. The molecule has 4 heteroatoms. The standard InChI is InChI=1S/C16H24N2O2/c1-4-18(15(19)16(2,17)13-7-8-13)11-12-5-9-14(20-3)10-6-12/h5-6,9-10,13H,4,7-8,11,17H2,1-3H3. The Hall–Kier alpha value is -1.55. The lowest BCUT2D eigenvalue weighted by atomic mass is 9.95. The SMILES string of the molecule is CCN(Cc1ccc(OC)cc1)C(=O)C(C)(N)C1CC1. The molecule has 20 heavy (non-hydrogen) atoms. The number of methoxy groups -OCH3 is 1. The summed E-state index contributed by atoms with van der Waals surface area (Å²) in [4.78, 5) is 14.4. The molecule has 0 heterocycles. The van der Waals surface area contributed by atoms with E-state index in [1.165, 1.54) is 0 Å². The fourth-order valence-corrected chi connectivity index (χ4v) is 2.48. The topological polar surface area (TPSA) is 55.6 Å². The van der Waals surface area contributed by atoms with E-state index in [4.69, 9.17) is 10.5 Å². The molecule has 1 unspecified atom stereocenters. The van der Waals surface area contributed by atoms with Crippen molar-refractivity contribution in [2.24, 2.45) is 11.7 Å². The van der Waals surface area contributed by atoms with Gasteiger partial charge in [0.05, 0.1) is 12.6 Å². The van der Waals surface area contributed by atoms with Gasteiger partial charge in [-0.05, 0) is 50.3 Å². The molecule has 0 aromatic heterocycles. The third-order valence-corrected chi connectivity index (χ3v) is 4.09. The number of amides is 1. The molecule has 0 bridgehead atoms. The van der Waals surface area contributed by atoms with Gasteiger partial charge in [-0.2, -0.15) is 0 Å². The first-order valence-corrected chi connectivity index (χ1v) is 7.20. The first-order valence-electron chi connectivity index (χ1n) is 7.20. The summed E-state index contributed by atoms with van der Waals surface area (Å²) in [5.41, 5.74) is 6.60. The Bertz CT molecular complexity index is 464. The average molecular weight is 276 g/mol. The van der Waals surface area contributed by atoms with Crippen LogP contribution >= 0.6 is 0 Å². The predicted octanol–water partition coefficient (Wildman–Crippen LogP) is 2.17. The van der Waals surface area contributed by atoms with Gasteiger partial charge < -0.3 is 15.4 Å². The number of ether oxygens (including phenoxy) is 1. The fraction of sp³-hybridized carbons (Fsp3) is 0.562. The average Bonchev–Trinajstić information content (AvgIpc) is 3.29. The summed E-state index contributed by atoms with van der Waals surface area (Å²) in [5.74, 6) is 1.23. The van der Waals surface area contributed by atoms with E-state index in [0.717, 1.165) is 24.2 Å². The van der Waals surface area contributed by atoms with Crippen LogP contribution in [0.2, 0.25) is 0 Å². The minimum absolute atomic E-state index is 0.0540. The Morgan fingerprint density at radius 2 is 2.00 bits per heavy atom. The van der Waals surface area contributed by atoms with Crippen LogP contribution in [0.3, 0.4) is 0 Å². The highest BCUT2D eigenvalue weighted by atomic mass is 16.5. The van der Waals surface area contributed by atoms with Gasteiger partial charge in [0.2, 0.25) is 5.91 Å². The van der Waals surface area contributed by atoms with Gasteiger partial charge in [-0.25, -0.2) is 0 Å². The second kappa shape index (κ2) is 5.83. The summed E-state index contributed by atoms with van der Waals surface area (Å²) in [5, 5.41) is 0. The van der Waals surface area contributed by atoms with Gasteiger partial charge in [0.1, 0.15) is 5.75 Å². The van der Waals surface area contributed by atoms with Crippen LogP contribution in [0.5, 0.6) is 5.75 Å². The van der Waals surface area contributed by atoms with E-state index in [9.17, 15) is 4.79 Å². The van der Waals surface area contributed by atoms with Crippen molar-refractivity contribution in [1.82, 2.24) is 4.90 Å². The summed E-state index contributed by atoms with van der Waals surface area (Å²) < 4.78 is 5.14. The first kappa shape index (κ1) is 14.9. The second-order valence-corrected chi connectivity index (χ2v) is 5.72. The summed E-state index contributed by atoms with van der Waals surface area (Å²) >= 11 is 0. The van der Waals surface area contributed by atoms with Crippen LogP contribution < -0.4 is 10.5 Å². The zero-order valence-corrected chi connectivity index (χ0v) is 12.6. The molecule has 2 rings (SSSR count). The molecule has 1 fully saturated rings. The van der Waals surface area contributed by atoms with Gasteiger partial charge in [0.15, 0.2) is 0 Å². The largest absolute Gasteiger partial charge is 0.497 e. The van der Waals surface area contributed by atoms with E-state index in [0.29, 0.717) is 19.0 Å². The number of rotatable bonds is 6. The number of nitrogens with zero attached hydrogens (tertiary/aromatic N) is 1. The molecule has 1 saturated carbocycles. The van der Waals surface area contributed by atoms with E-state index in [1.807, 2.05) is 43.0 Å². The molecule has 1 aliphatic rings. The van der Waals surface area contributed by atoms with Crippen molar-refractivity contribution in [2.75, 3.05) is 13.7 Å². The van der Waals surface area contributed by atoms with Gasteiger partial charge in [-0.15, -0.1) is 0 Å². The van der Waals surface area contributed by atoms with Crippen LogP contribution in [0, 0.1) is 5.92 Å². The van der Waals surface area contributed by atoms with Gasteiger partial charge in [0, 0.05) is 13.1 Å². The highest BCUT2D eigenvalue weighted by molar-refractivity contribution is 5.86. The maximum absolute atomic E-state index is 12.6. The minimum Gasteiger partial charge on any atom is -0.497 e. The minimum atomic E-state index is -0.720. The maximum Gasteiger partial charge on any atom is 0.242 e. The Balaban J connectivity index is 2.05. The first-order chi connectivity index (χ1) is 9.48. The lowest BCUT2D eigenvalue weighted by Gasteiger charge is -2.31. The molecular weight excluding hydrogens is 252 g/mol. The quantitative estimate of drug-likeness (QED) is 0.866. The monoisotopic (exact) mass is 276 g/mol. The van der Waals surface area contributed by atoms with Crippen molar-refractivity contribution in [1.29, 1.82) is 0 Å². The van der Waals surface area contributed by atoms with E-state index in [-0.39, 0.29) is 5.91 Å². The maximum atomic E-state index is 12.6. The van der Waals surface area contributed by atoms with Crippen molar-refractivity contribution in [2.45, 2.75) is 38.8 Å². The third-order valence-electron chi connectivity index (χ3n) is 4.09. The van der Waals surface area contributed by atoms with E-state index < -0.39 is 5.54 Å². The number of carbonyl (C=O) groups excluding carboxylic acids is 1. The smallest absolute Gasteiger partial charge is 0.242 e. The van der Waals surface area contributed by atoms with Crippen LogP contribution in [0.15, 0.2) is 24.3 Å². The zero-order valence-electron chi connectivity index (χ0n) is 12.6. The Morgan fingerprint density at radius 1 is 1.40 bits per heavy atom. The summed E-state index contributed by atoms with van der Waals surface area (Å²) in [6.45, 7) is 5.12. The molecule has 4 nitrogen and oxygen atoms in total. The summed E-state index contributed by atoms with van der Waals surface area (Å²) in [7, 11) is 1.65. The molecule has 0 spiro atoms. The number of hydrogen-bond donors (Lipinski definition) is 1. The van der Waals surface area contributed by atoms with Crippen LogP contribution in [-0.2, 0) is 11.3 Å². The highest BCUT2D eigenvalue weighted by Crippen LogP contribution is 2.39. The van der Waals surface area contributed by atoms with Crippen LogP contribution in [0.25, 0.3) is 0 Å². The Labute approximate surface area is 120 Å². The molecule has 1 aromatic rings. The normalized spacial score (nSPS) is 17.4. The second-order valence-electron chi connectivity index (χ2n) is 5.72. The van der Waals surface area contributed by atoms with Crippen LogP contribution in [-0.4, -0.2) is 30.0 Å². The molecule has 1 atom stereocenters. The number of hydrogen-bond acceptors (Lipinski definition) is 3. The Kier molecular flexibility index (Phi) is 4.33. The number of likely N-dealkylation sites (N-methyl/N-ethyl adjacent to an activating group) is 1. The highest BCUT2D eigenvalue weighted by Gasteiger charge is 2.45. The van der Waals surface area contributed by atoms with Crippen molar-refractivity contribution in [3.63, 3.8) is 0 Å². The third kappa shape index (κ3) is 3.12. The number of carbonyl (C=O) groups is 1. The summed E-state index contributed by atoms with van der Waals surface area (Å²) in [6.07, 6.45) is 2.14. The lowest BCUT2D eigenvalue weighted by molar-refractivity contribution is -0.137. The van der Waals surface area contributed by atoms with Crippen molar-refractivity contribution < 1.29 is 9.53 Å². The molecule has 0 saturated heterocycles. The van der Waals surface area contributed by atoms with Gasteiger partial charge in [-0.1, -0.05) is 12.1 Å². The molecule has 1 amide bonds. The Morgan fingerprint density at radius 3 is 2.45 bits per heavy atom. The van der Waals surface area contributed by atoms with Crippen molar-refractivity contribution in [3.05, 3.63) is 29.8 Å². The molecule has 1 aromatic carbocycles. The summed E-state index contributed by atoms with van der Waals surface area (Å²) in [6, 6.07) is 7.80. The predicted molar refractivity (Wildman–Crippen MR) is 79.4 cm³/mol. The van der Waals surface area contributed by atoms with Gasteiger partial charge in [-0.3, -0.25) is 4.79 Å². The van der Waals surface area contributed by atoms with Crippen LogP contribution in [0.1, 0.15) is 32.3 Å². The molecule has 0 radical (unpaired) electrons. The van der Waals surface area contributed by atoms with Crippen LogP contribution in [0.4, 0.5) is 0 Å². The number of nitrogens with two attached hydrogens (primary N) is 1. The van der Waals surface area contributed by atoms with Crippen molar-refractivity contribution in [3.8, 4) is 5.75 Å². The molecule has 1 aliphatic carbocycles. The number of benzene rings is 1.